The van der Waals surface area contributed by atoms with Crippen LogP contribution in [0, 0.1) is 13.8 Å². The molecule has 3 aromatic rings. The van der Waals surface area contributed by atoms with E-state index in [2.05, 4.69) is 59.6 Å². The fourth-order valence-corrected chi connectivity index (χ4v) is 3.31. The second-order valence-electron chi connectivity index (χ2n) is 5.60. The van der Waals surface area contributed by atoms with Crippen LogP contribution < -0.4 is 9.13 Å². The normalized spacial score (nSPS) is 14.2. The molecule has 4 rings (SSSR count). The molecule has 0 unspecified atom stereocenters. The maximum Gasteiger partial charge on any atom is 0.285 e. The number of hydrogen-bond acceptors (Lipinski definition) is 0. The molecule has 2 nitrogen and oxygen atoms in total. The first-order chi connectivity index (χ1) is 9.25. The third-order valence-corrected chi connectivity index (χ3v) is 4.38. The summed E-state index contributed by atoms with van der Waals surface area (Å²) >= 11 is 0. The molecule has 19 heavy (non-hydrogen) atoms. The van der Waals surface area contributed by atoms with Gasteiger partial charge in [0.15, 0.2) is 25.5 Å². The van der Waals surface area contributed by atoms with Crippen molar-refractivity contribution in [1.82, 2.24) is 0 Å². The van der Waals surface area contributed by atoms with Gasteiger partial charge in [0, 0.05) is 12.1 Å². The molecule has 0 radical (unpaired) electrons. The first-order valence-corrected chi connectivity index (χ1v) is 7.00. The zero-order valence-electron chi connectivity index (χ0n) is 11.5. The van der Waals surface area contributed by atoms with E-state index in [-0.39, 0.29) is 0 Å². The van der Waals surface area contributed by atoms with E-state index >= 15 is 0 Å². The highest BCUT2D eigenvalue weighted by Crippen LogP contribution is 2.25. The van der Waals surface area contributed by atoms with Crippen LogP contribution in [0.4, 0.5) is 0 Å². The van der Waals surface area contributed by atoms with Gasteiger partial charge in [0.05, 0.1) is 17.2 Å². The summed E-state index contributed by atoms with van der Waals surface area (Å²) in [5.74, 6) is 0. The van der Waals surface area contributed by atoms with Gasteiger partial charge in [0.25, 0.3) is 11.0 Å². The van der Waals surface area contributed by atoms with Crippen LogP contribution in [-0.4, -0.2) is 0 Å². The smallest absolute Gasteiger partial charge is 0.192 e. The molecule has 0 saturated carbocycles. The van der Waals surface area contributed by atoms with Gasteiger partial charge in [-0.1, -0.05) is 0 Å². The van der Waals surface area contributed by atoms with Crippen molar-refractivity contribution in [2.75, 3.05) is 0 Å². The average Bonchev–Trinajstić information content (AvgIpc) is 2.61. The summed E-state index contributed by atoms with van der Waals surface area (Å²) in [6.45, 7) is 6.63. The van der Waals surface area contributed by atoms with E-state index in [4.69, 9.17) is 0 Å². The lowest BCUT2D eigenvalue weighted by Crippen LogP contribution is -2.34. The molecule has 0 saturated heterocycles. The van der Waals surface area contributed by atoms with E-state index in [1.54, 1.807) is 0 Å². The van der Waals surface area contributed by atoms with E-state index in [1.165, 1.54) is 39.4 Å². The highest BCUT2D eigenvalue weighted by Gasteiger charge is 2.26. The highest BCUT2D eigenvalue weighted by molar-refractivity contribution is 6.01. The molecule has 1 aliphatic heterocycles. The number of nitrogens with zero attached hydrogens (tertiary/aromatic N) is 2. The topological polar surface area (TPSA) is 7.76 Å². The molecular weight excluding hydrogens is 232 g/mol. The van der Waals surface area contributed by atoms with Crippen LogP contribution in [0.25, 0.3) is 21.8 Å². The zero-order valence-corrected chi connectivity index (χ0v) is 11.5. The number of hydrogen-bond donors (Lipinski definition) is 0. The molecule has 0 amide bonds. The van der Waals surface area contributed by atoms with Crippen LogP contribution in [-0.2, 0) is 13.1 Å². The van der Waals surface area contributed by atoms with Crippen molar-refractivity contribution in [2.24, 2.45) is 0 Å². The standard InChI is InChI=1S/C17H18N2/c1-12-6-10-18-8-3-9-19-11-7-13(2)15-5-4-14(12)16(18)17(15)19/h4-7,10-11H,3,8-9H2,1-2H3/q+2. The highest BCUT2D eigenvalue weighted by atomic mass is 15.0. The molecule has 0 aliphatic carbocycles. The van der Waals surface area contributed by atoms with E-state index < -0.39 is 0 Å². The van der Waals surface area contributed by atoms with Crippen LogP contribution in [0.5, 0.6) is 0 Å². The van der Waals surface area contributed by atoms with Crippen LogP contribution in [0.15, 0.2) is 36.7 Å². The predicted molar refractivity (Wildman–Crippen MR) is 75.9 cm³/mol. The SMILES string of the molecule is Cc1cc[n+]2c3c1ccc1c(C)cc[n+](c13)CCC2. The maximum atomic E-state index is 2.42. The summed E-state index contributed by atoms with van der Waals surface area (Å²) in [6.07, 6.45) is 5.69. The lowest BCUT2D eigenvalue weighted by atomic mass is 10.0. The molecule has 2 heteroatoms. The average molecular weight is 250 g/mol. The van der Waals surface area contributed by atoms with Crippen molar-refractivity contribution in [3.05, 3.63) is 47.8 Å². The van der Waals surface area contributed by atoms with E-state index in [1.807, 2.05) is 0 Å². The van der Waals surface area contributed by atoms with E-state index in [9.17, 15) is 0 Å². The quantitative estimate of drug-likeness (QED) is 0.428. The maximum absolute atomic E-state index is 2.42. The van der Waals surface area contributed by atoms with Crippen molar-refractivity contribution < 1.29 is 9.13 Å². The molecule has 0 atom stereocenters. The molecule has 2 aromatic heterocycles. The third-order valence-electron chi connectivity index (χ3n) is 4.38. The van der Waals surface area contributed by atoms with Crippen molar-refractivity contribution in [3.8, 4) is 0 Å². The first kappa shape index (κ1) is 10.9. The first-order valence-electron chi connectivity index (χ1n) is 7.00. The Morgan fingerprint density at radius 1 is 0.737 bits per heavy atom. The minimum Gasteiger partial charge on any atom is -0.192 e. The van der Waals surface area contributed by atoms with Gasteiger partial charge in [-0.05, 0) is 37.1 Å². The second kappa shape index (κ2) is 3.77. The van der Waals surface area contributed by atoms with Gasteiger partial charge < -0.3 is 0 Å². The number of pyridine rings is 2. The molecule has 0 fully saturated rings. The van der Waals surface area contributed by atoms with Gasteiger partial charge in [-0.2, -0.15) is 9.13 Å². The minimum atomic E-state index is 1.11. The van der Waals surface area contributed by atoms with Gasteiger partial charge >= 0.3 is 0 Å². The molecular formula is C17H18N2+2. The molecule has 94 valence electrons. The van der Waals surface area contributed by atoms with E-state index in [0.29, 0.717) is 0 Å². The monoisotopic (exact) mass is 250 g/mol. The van der Waals surface area contributed by atoms with Gasteiger partial charge in [0.2, 0.25) is 0 Å². The number of aromatic nitrogens is 2. The van der Waals surface area contributed by atoms with Crippen LogP contribution in [0.3, 0.4) is 0 Å². The van der Waals surface area contributed by atoms with E-state index in [0.717, 1.165) is 13.1 Å². The largest absolute Gasteiger partial charge is 0.285 e. The Labute approximate surface area is 112 Å². The minimum absolute atomic E-state index is 1.11. The molecule has 0 N–H and O–H groups in total. The van der Waals surface area contributed by atoms with Gasteiger partial charge in [-0.3, -0.25) is 0 Å². The molecule has 1 aromatic carbocycles. The molecule has 3 heterocycles. The fraction of sp³-hybridized carbons (Fsp3) is 0.294. The number of rotatable bonds is 0. The van der Waals surface area contributed by atoms with Crippen molar-refractivity contribution in [1.29, 1.82) is 0 Å². The van der Waals surface area contributed by atoms with Crippen molar-refractivity contribution in [3.63, 3.8) is 0 Å². The Morgan fingerprint density at radius 2 is 1.21 bits per heavy atom. The summed E-state index contributed by atoms with van der Waals surface area (Å²) in [5.41, 5.74) is 5.53. The van der Waals surface area contributed by atoms with Crippen LogP contribution in [0.2, 0.25) is 0 Å². The summed E-state index contributed by atoms with van der Waals surface area (Å²) in [6, 6.07) is 9.04. The number of aryl methyl sites for hydroxylation is 4. The van der Waals surface area contributed by atoms with Gasteiger partial charge in [0.1, 0.15) is 0 Å². The number of benzene rings is 1. The Hall–Kier alpha value is -1.96. The van der Waals surface area contributed by atoms with Crippen molar-refractivity contribution in [2.45, 2.75) is 33.4 Å². The molecule has 0 bridgehead atoms. The summed E-state index contributed by atoms with van der Waals surface area (Å²) in [4.78, 5) is 0. The third kappa shape index (κ3) is 1.43. The van der Waals surface area contributed by atoms with Crippen LogP contribution >= 0.6 is 0 Å². The van der Waals surface area contributed by atoms with Crippen molar-refractivity contribution >= 4 is 21.8 Å². The lowest BCUT2D eigenvalue weighted by Gasteiger charge is -2.04. The molecule has 1 aliphatic rings. The lowest BCUT2D eigenvalue weighted by molar-refractivity contribution is -0.682. The fourth-order valence-electron chi connectivity index (χ4n) is 3.31. The summed E-state index contributed by atoms with van der Waals surface area (Å²) in [7, 11) is 0. The summed E-state index contributed by atoms with van der Waals surface area (Å²) in [5, 5.41) is 2.77. The van der Waals surface area contributed by atoms with Gasteiger partial charge in [-0.25, -0.2) is 0 Å². The Kier molecular flexibility index (Phi) is 2.16. The zero-order chi connectivity index (χ0) is 13.0. The molecule has 0 spiro atoms. The summed E-state index contributed by atoms with van der Waals surface area (Å²) < 4.78 is 4.85. The Morgan fingerprint density at radius 3 is 1.68 bits per heavy atom. The Balaban J connectivity index is 2.35. The second-order valence-corrected chi connectivity index (χ2v) is 5.60. The van der Waals surface area contributed by atoms with Gasteiger partial charge in [-0.15, -0.1) is 0 Å². The predicted octanol–water partition coefficient (Wildman–Crippen LogP) is 2.59. The van der Waals surface area contributed by atoms with Crippen LogP contribution in [0.1, 0.15) is 17.5 Å². The Bertz CT molecular complexity index is 750.